The minimum Gasteiger partial charge on any atom is -0.496 e. The molecule has 6 heteroatoms. The van der Waals surface area contributed by atoms with E-state index < -0.39 is 0 Å². The lowest BCUT2D eigenvalue weighted by Crippen LogP contribution is -1.89. The lowest BCUT2D eigenvalue weighted by Gasteiger charge is -2.07. The van der Waals surface area contributed by atoms with Gasteiger partial charge in [0.1, 0.15) is 23.9 Å². The predicted octanol–water partition coefficient (Wildman–Crippen LogP) is 4.24. The predicted molar refractivity (Wildman–Crippen MR) is 98.4 cm³/mol. The van der Waals surface area contributed by atoms with Crippen molar-refractivity contribution in [2.24, 2.45) is 0 Å². The van der Waals surface area contributed by atoms with Gasteiger partial charge in [-0.1, -0.05) is 24.3 Å². The van der Waals surface area contributed by atoms with Gasteiger partial charge in [-0.3, -0.25) is 4.57 Å². The van der Waals surface area contributed by atoms with E-state index in [1.807, 2.05) is 47.0 Å². The van der Waals surface area contributed by atoms with Crippen LogP contribution in [-0.2, 0) is 0 Å². The maximum absolute atomic E-state index is 5.99. The summed E-state index contributed by atoms with van der Waals surface area (Å²) in [4.78, 5) is 4.67. The summed E-state index contributed by atoms with van der Waals surface area (Å²) in [7, 11) is 1.65. The zero-order valence-electron chi connectivity index (χ0n) is 14.0. The minimum atomic E-state index is 0.531. The highest BCUT2D eigenvalue weighted by atomic mass is 16.5. The Kier molecular flexibility index (Phi) is 3.21. The summed E-state index contributed by atoms with van der Waals surface area (Å²) in [5.74, 6) is 1.26. The number of methoxy groups -OCH3 is 1. The van der Waals surface area contributed by atoms with E-state index in [0.29, 0.717) is 11.5 Å². The van der Waals surface area contributed by atoms with Gasteiger partial charge in [0.2, 0.25) is 5.89 Å². The number of aromatic nitrogens is 4. The van der Waals surface area contributed by atoms with Crippen molar-refractivity contribution in [3.63, 3.8) is 0 Å². The third kappa shape index (κ3) is 2.31. The zero-order chi connectivity index (χ0) is 17.5. The number of ether oxygens (including phenoxy) is 1. The van der Waals surface area contributed by atoms with E-state index in [-0.39, 0.29) is 0 Å². The molecule has 5 aromatic rings. The van der Waals surface area contributed by atoms with E-state index in [9.17, 15) is 0 Å². The summed E-state index contributed by atoms with van der Waals surface area (Å²) in [6.07, 6.45) is 3.29. The molecule has 6 nitrogen and oxygen atoms in total. The molecule has 0 fully saturated rings. The van der Waals surface area contributed by atoms with Gasteiger partial charge >= 0.3 is 0 Å². The number of hydrogen-bond acceptors (Lipinski definition) is 5. The van der Waals surface area contributed by atoms with E-state index in [2.05, 4.69) is 27.3 Å². The van der Waals surface area contributed by atoms with Crippen LogP contribution in [0.2, 0.25) is 0 Å². The second-order valence-corrected chi connectivity index (χ2v) is 5.94. The number of hydrogen-bond donors (Lipinski definition) is 0. The van der Waals surface area contributed by atoms with Gasteiger partial charge in [0, 0.05) is 0 Å². The summed E-state index contributed by atoms with van der Waals surface area (Å²) in [5, 5.41) is 9.89. The molecule has 0 saturated heterocycles. The van der Waals surface area contributed by atoms with Crippen LogP contribution in [0.5, 0.6) is 5.75 Å². The summed E-state index contributed by atoms with van der Waals surface area (Å²) >= 11 is 0. The molecule has 26 heavy (non-hydrogen) atoms. The first-order chi connectivity index (χ1) is 12.8. The van der Waals surface area contributed by atoms with Crippen molar-refractivity contribution in [1.29, 1.82) is 0 Å². The van der Waals surface area contributed by atoms with E-state index in [4.69, 9.17) is 9.15 Å². The lowest BCUT2D eigenvalue weighted by molar-refractivity contribution is 0.415. The first-order valence-corrected chi connectivity index (χ1v) is 8.14. The van der Waals surface area contributed by atoms with E-state index in [1.165, 1.54) is 0 Å². The second kappa shape index (κ2) is 5.70. The molecule has 0 aliphatic carbocycles. The highest BCUT2D eigenvalue weighted by molar-refractivity contribution is 5.90. The van der Waals surface area contributed by atoms with Gasteiger partial charge in [0.25, 0.3) is 0 Å². The van der Waals surface area contributed by atoms with Crippen LogP contribution in [-0.4, -0.2) is 26.9 Å². The molecular weight excluding hydrogens is 328 g/mol. The molecule has 126 valence electrons. The SMILES string of the molecule is COc1cc2ccccc2cc1-c1nc2cc(-n3cnnc3)ccc2o1. The Morgan fingerprint density at radius 2 is 1.69 bits per heavy atom. The molecule has 0 bridgehead atoms. The smallest absolute Gasteiger partial charge is 0.231 e. The van der Waals surface area contributed by atoms with E-state index in [0.717, 1.165) is 33.3 Å². The summed E-state index contributed by atoms with van der Waals surface area (Å²) < 4.78 is 13.4. The average molecular weight is 342 g/mol. The normalized spacial score (nSPS) is 11.3. The molecule has 0 atom stereocenters. The maximum atomic E-state index is 5.99. The van der Waals surface area contributed by atoms with Crippen molar-refractivity contribution in [2.75, 3.05) is 7.11 Å². The molecule has 0 unspecified atom stereocenters. The molecule has 5 rings (SSSR count). The van der Waals surface area contributed by atoms with Gasteiger partial charge in [-0.15, -0.1) is 10.2 Å². The van der Waals surface area contributed by atoms with Gasteiger partial charge in [-0.25, -0.2) is 4.98 Å². The maximum Gasteiger partial charge on any atom is 0.231 e. The molecule has 0 radical (unpaired) electrons. The molecule has 0 N–H and O–H groups in total. The fraction of sp³-hybridized carbons (Fsp3) is 0.0500. The highest BCUT2D eigenvalue weighted by Crippen LogP contribution is 2.35. The van der Waals surface area contributed by atoms with Gasteiger partial charge < -0.3 is 9.15 Å². The highest BCUT2D eigenvalue weighted by Gasteiger charge is 2.15. The van der Waals surface area contributed by atoms with Crippen molar-refractivity contribution in [2.45, 2.75) is 0 Å². The van der Waals surface area contributed by atoms with Crippen LogP contribution in [0, 0.1) is 0 Å². The Morgan fingerprint density at radius 3 is 2.46 bits per heavy atom. The number of rotatable bonds is 3. The van der Waals surface area contributed by atoms with E-state index >= 15 is 0 Å². The van der Waals surface area contributed by atoms with Crippen molar-refractivity contribution < 1.29 is 9.15 Å². The van der Waals surface area contributed by atoms with Gasteiger partial charge in [0.05, 0.1) is 18.4 Å². The molecule has 0 spiro atoms. The Bertz CT molecular complexity index is 1230. The van der Waals surface area contributed by atoms with Crippen LogP contribution in [0.1, 0.15) is 0 Å². The number of fused-ring (bicyclic) bond motifs is 2. The molecule has 3 aromatic carbocycles. The first-order valence-electron chi connectivity index (χ1n) is 8.14. The first kappa shape index (κ1) is 14.7. The van der Waals surface area contributed by atoms with Crippen molar-refractivity contribution in [3.8, 4) is 22.9 Å². The zero-order valence-corrected chi connectivity index (χ0v) is 14.0. The summed E-state index contributed by atoms with van der Waals surface area (Å²) in [5.41, 5.74) is 3.23. The van der Waals surface area contributed by atoms with Crippen LogP contribution in [0.4, 0.5) is 0 Å². The van der Waals surface area contributed by atoms with Crippen LogP contribution in [0.3, 0.4) is 0 Å². The lowest BCUT2D eigenvalue weighted by atomic mass is 10.1. The second-order valence-electron chi connectivity index (χ2n) is 5.94. The Hall–Kier alpha value is -3.67. The van der Waals surface area contributed by atoms with Crippen LogP contribution >= 0.6 is 0 Å². The van der Waals surface area contributed by atoms with Crippen molar-refractivity contribution >= 4 is 21.9 Å². The number of nitrogens with zero attached hydrogens (tertiary/aromatic N) is 4. The van der Waals surface area contributed by atoms with Crippen LogP contribution in [0.15, 0.2) is 71.7 Å². The molecule has 2 aromatic heterocycles. The fourth-order valence-electron chi connectivity index (χ4n) is 3.08. The van der Waals surface area contributed by atoms with Gasteiger partial charge in [-0.2, -0.15) is 0 Å². The quantitative estimate of drug-likeness (QED) is 0.491. The Balaban J connectivity index is 1.68. The van der Waals surface area contributed by atoms with Crippen LogP contribution in [0.25, 0.3) is 39.0 Å². The largest absolute Gasteiger partial charge is 0.496 e. The van der Waals surface area contributed by atoms with Gasteiger partial charge in [-0.05, 0) is 41.1 Å². The minimum absolute atomic E-state index is 0.531. The van der Waals surface area contributed by atoms with Gasteiger partial charge in [0.15, 0.2) is 5.58 Å². The fourth-order valence-corrected chi connectivity index (χ4v) is 3.08. The third-order valence-corrected chi connectivity index (χ3v) is 4.39. The molecule has 0 amide bonds. The van der Waals surface area contributed by atoms with Crippen molar-refractivity contribution in [3.05, 3.63) is 67.3 Å². The standard InChI is InChI=1S/C20H14N4O2/c1-25-19-9-14-5-3-2-4-13(14)8-16(19)20-23-17-10-15(6-7-18(17)26-20)24-11-21-22-12-24/h2-12H,1H3. The third-order valence-electron chi connectivity index (χ3n) is 4.39. The molecular formula is C20H14N4O2. The number of benzene rings is 3. The molecule has 0 aliphatic heterocycles. The summed E-state index contributed by atoms with van der Waals surface area (Å²) in [6.45, 7) is 0. The van der Waals surface area contributed by atoms with Crippen LogP contribution < -0.4 is 4.74 Å². The monoisotopic (exact) mass is 342 g/mol. The number of oxazole rings is 1. The average Bonchev–Trinajstić information content (AvgIpc) is 3.35. The Labute approximate surface area is 148 Å². The molecule has 0 saturated carbocycles. The molecule has 0 aliphatic rings. The topological polar surface area (TPSA) is 66.0 Å². The van der Waals surface area contributed by atoms with Crippen molar-refractivity contribution in [1.82, 2.24) is 19.7 Å². The molecule has 2 heterocycles. The summed E-state index contributed by atoms with van der Waals surface area (Å²) in [6, 6.07) is 18.0. The Morgan fingerprint density at radius 1 is 0.923 bits per heavy atom. The van der Waals surface area contributed by atoms with E-state index in [1.54, 1.807) is 19.8 Å².